The fourth-order valence-electron chi connectivity index (χ4n) is 4.63. The number of piperazine rings is 2. The standard InChI is InChI=1S/C27H27F2N5O2/c28-21-2-6-23(7-3-21)31-11-15-33(16-12-31)26(35)20-1-10-25(30-19-20)27(36)34-17-13-32(14-18-34)24-8-4-22(29)5-9-24/h1-10,19H,11-18H2. The van der Waals surface area contributed by atoms with Gasteiger partial charge in [0.05, 0.1) is 5.56 Å². The van der Waals surface area contributed by atoms with Crippen molar-refractivity contribution in [2.45, 2.75) is 0 Å². The Morgan fingerprint density at radius 2 is 1.03 bits per heavy atom. The van der Waals surface area contributed by atoms with E-state index in [1.165, 1.54) is 30.5 Å². The Labute approximate surface area is 208 Å². The van der Waals surface area contributed by atoms with Crippen molar-refractivity contribution < 1.29 is 18.4 Å². The van der Waals surface area contributed by atoms with E-state index in [1.807, 2.05) is 0 Å². The highest BCUT2D eigenvalue weighted by atomic mass is 19.1. The van der Waals surface area contributed by atoms with Gasteiger partial charge in [-0.25, -0.2) is 8.78 Å². The van der Waals surface area contributed by atoms with Crippen molar-refractivity contribution in [2.75, 3.05) is 62.2 Å². The van der Waals surface area contributed by atoms with Crippen molar-refractivity contribution in [3.63, 3.8) is 0 Å². The molecule has 9 heteroatoms. The molecule has 0 unspecified atom stereocenters. The second kappa shape index (κ2) is 10.3. The Morgan fingerprint density at radius 3 is 1.44 bits per heavy atom. The summed E-state index contributed by atoms with van der Waals surface area (Å²) in [6, 6.07) is 16.0. The lowest BCUT2D eigenvalue weighted by Crippen LogP contribution is -2.49. The zero-order valence-electron chi connectivity index (χ0n) is 19.8. The SMILES string of the molecule is O=C(c1ccc(C(=O)N2CCN(c3ccc(F)cc3)CC2)nc1)N1CCN(c2ccc(F)cc2)CC1. The van der Waals surface area contributed by atoms with Crippen LogP contribution in [0.3, 0.4) is 0 Å². The highest BCUT2D eigenvalue weighted by Gasteiger charge is 2.25. The summed E-state index contributed by atoms with van der Waals surface area (Å²) in [5, 5.41) is 0. The van der Waals surface area contributed by atoms with Gasteiger partial charge in [-0.1, -0.05) is 0 Å². The van der Waals surface area contributed by atoms with Gasteiger partial charge in [-0.15, -0.1) is 0 Å². The molecule has 2 aromatic carbocycles. The molecule has 0 spiro atoms. The molecule has 7 nitrogen and oxygen atoms in total. The maximum Gasteiger partial charge on any atom is 0.272 e. The predicted molar refractivity (Wildman–Crippen MR) is 133 cm³/mol. The number of carbonyl (C=O) groups excluding carboxylic acids is 2. The number of pyridine rings is 1. The molecule has 0 aliphatic carbocycles. The summed E-state index contributed by atoms with van der Waals surface area (Å²) in [5.74, 6) is -0.823. The van der Waals surface area contributed by atoms with Gasteiger partial charge in [0.1, 0.15) is 17.3 Å². The second-order valence-electron chi connectivity index (χ2n) is 8.94. The lowest BCUT2D eigenvalue weighted by molar-refractivity contribution is 0.0729. The minimum absolute atomic E-state index is 0.117. The highest BCUT2D eigenvalue weighted by Crippen LogP contribution is 2.19. The zero-order valence-corrected chi connectivity index (χ0v) is 19.8. The van der Waals surface area contributed by atoms with Crippen LogP contribution in [0.2, 0.25) is 0 Å². The molecule has 0 bridgehead atoms. The molecule has 36 heavy (non-hydrogen) atoms. The minimum atomic E-state index is -0.271. The average Bonchev–Trinajstić information content (AvgIpc) is 2.93. The van der Waals surface area contributed by atoms with Gasteiger partial charge in [0, 0.05) is 69.9 Å². The smallest absolute Gasteiger partial charge is 0.272 e. The topological polar surface area (TPSA) is 60.0 Å². The number of rotatable bonds is 4. The Hall–Kier alpha value is -4.01. The molecule has 5 rings (SSSR count). The van der Waals surface area contributed by atoms with E-state index >= 15 is 0 Å². The van der Waals surface area contributed by atoms with Gasteiger partial charge in [0.25, 0.3) is 11.8 Å². The van der Waals surface area contributed by atoms with Gasteiger partial charge in [-0.05, 0) is 60.7 Å². The van der Waals surface area contributed by atoms with Gasteiger partial charge < -0.3 is 19.6 Å². The van der Waals surface area contributed by atoms with Crippen LogP contribution in [0.5, 0.6) is 0 Å². The van der Waals surface area contributed by atoms with E-state index in [4.69, 9.17) is 0 Å². The van der Waals surface area contributed by atoms with Crippen LogP contribution < -0.4 is 9.80 Å². The first-order valence-electron chi connectivity index (χ1n) is 12.0. The van der Waals surface area contributed by atoms with E-state index in [0.717, 1.165) is 11.4 Å². The first-order chi connectivity index (χ1) is 17.5. The first-order valence-corrected chi connectivity index (χ1v) is 12.0. The fourth-order valence-corrected chi connectivity index (χ4v) is 4.63. The van der Waals surface area contributed by atoms with Crippen LogP contribution in [0.25, 0.3) is 0 Å². The number of aromatic nitrogens is 1. The monoisotopic (exact) mass is 491 g/mol. The van der Waals surface area contributed by atoms with E-state index in [-0.39, 0.29) is 23.4 Å². The van der Waals surface area contributed by atoms with Gasteiger partial charge >= 0.3 is 0 Å². The molecule has 2 amide bonds. The van der Waals surface area contributed by atoms with Gasteiger partial charge in [0.15, 0.2) is 0 Å². The summed E-state index contributed by atoms with van der Waals surface area (Å²) in [6.45, 7) is 4.80. The normalized spacial score (nSPS) is 16.3. The molecular weight excluding hydrogens is 464 g/mol. The third-order valence-corrected chi connectivity index (χ3v) is 6.75. The molecular formula is C27H27F2N5O2. The zero-order chi connectivity index (χ0) is 25.1. The van der Waals surface area contributed by atoms with Crippen LogP contribution in [-0.4, -0.2) is 79.0 Å². The number of benzene rings is 2. The Balaban J connectivity index is 1.14. The average molecular weight is 492 g/mol. The van der Waals surface area contributed by atoms with Crippen molar-refractivity contribution >= 4 is 23.2 Å². The Morgan fingerprint density at radius 1 is 0.583 bits per heavy atom. The number of hydrogen-bond acceptors (Lipinski definition) is 5. The minimum Gasteiger partial charge on any atom is -0.368 e. The lowest BCUT2D eigenvalue weighted by atomic mass is 10.2. The summed E-state index contributed by atoms with van der Waals surface area (Å²) < 4.78 is 26.3. The summed E-state index contributed by atoms with van der Waals surface area (Å²) in [7, 11) is 0. The third-order valence-electron chi connectivity index (χ3n) is 6.75. The quantitative estimate of drug-likeness (QED) is 0.561. The lowest BCUT2D eigenvalue weighted by Gasteiger charge is -2.36. The van der Waals surface area contributed by atoms with E-state index in [0.29, 0.717) is 63.6 Å². The predicted octanol–water partition coefficient (Wildman–Crippen LogP) is 3.28. The van der Waals surface area contributed by atoms with E-state index in [9.17, 15) is 18.4 Å². The molecule has 2 fully saturated rings. The number of amides is 2. The van der Waals surface area contributed by atoms with Crippen molar-refractivity contribution in [3.8, 4) is 0 Å². The largest absolute Gasteiger partial charge is 0.368 e. The molecule has 0 radical (unpaired) electrons. The molecule has 0 saturated carbocycles. The van der Waals surface area contributed by atoms with E-state index in [2.05, 4.69) is 14.8 Å². The molecule has 0 N–H and O–H groups in total. The molecule has 2 aliphatic heterocycles. The maximum absolute atomic E-state index is 13.2. The van der Waals surface area contributed by atoms with Crippen LogP contribution >= 0.6 is 0 Å². The van der Waals surface area contributed by atoms with Gasteiger partial charge in [-0.2, -0.15) is 0 Å². The van der Waals surface area contributed by atoms with Crippen LogP contribution in [0.15, 0.2) is 66.9 Å². The first kappa shape index (κ1) is 23.7. The summed E-state index contributed by atoms with van der Waals surface area (Å²) >= 11 is 0. The Kier molecular flexibility index (Phi) is 6.79. The fraction of sp³-hybridized carbons (Fsp3) is 0.296. The summed E-state index contributed by atoms with van der Waals surface area (Å²) in [5.41, 5.74) is 2.63. The van der Waals surface area contributed by atoms with Crippen molar-refractivity contribution in [2.24, 2.45) is 0 Å². The molecule has 3 aromatic rings. The number of hydrogen-bond donors (Lipinski definition) is 0. The number of anilines is 2. The van der Waals surface area contributed by atoms with E-state index in [1.54, 1.807) is 46.2 Å². The number of carbonyl (C=O) groups is 2. The number of halogens is 2. The van der Waals surface area contributed by atoms with Crippen LogP contribution in [-0.2, 0) is 0 Å². The summed E-state index contributed by atoms with van der Waals surface area (Å²) in [6.07, 6.45) is 1.47. The highest BCUT2D eigenvalue weighted by molar-refractivity contribution is 5.96. The van der Waals surface area contributed by atoms with Crippen LogP contribution in [0, 0.1) is 11.6 Å². The number of nitrogens with zero attached hydrogens (tertiary/aromatic N) is 5. The Bertz CT molecular complexity index is 1110. The van der Waals surface area contributed by atoms with Gasteiger partial charge in [0.2, 0.25) is 0 Å². The van der Waals surface area contributed by atoms with Crippen LogP contribution in [0.1, 0.15) is 20.8 Å². The van der Waals surface area contributed by atoms with E-state index < -0.39 is 0 Å². The van der Waals surface area contributed by atoms with Crippen molar-refractivity contribution in [1.82, 2.24) is 14.8 Å². The molecule has 2 aliphatic rings. The molecule has 0 atom stereocenters. The van der Waals surface area contributed by atoms with Crippen molar-refractivity contribution in [3.05, 3.63) is 89.8 Å². The van der Waals surface area contributed by atoms with Crippen LogP contribution in [0.4, 0.5) is 20.2 Å². The molecule has 1 aromatic heterocycles. The third kappa shape index (κ3) is 5.15. The second-order valence-corrected chi connectivity index (χ2v) is 8.94. The maximum atomic E-state index is 13.2. The molecule has 186 valence electrons. The summed E-state index contributed by atoms with van der Waals surface area (Å²) in [4.78, 5) is 37.9. The van der Waals surface area contributed by atoms with Crippen molar-refractivity contribution in [1.29, 1.82) is 0 Å². The van der Waals surface area contributed by atoms with Gasteiger partial charge in [-0.3, -0.25) is 14.6 Å². The molecule has 2 saturated heterocycles. The molecule has 3 heterocycles.